The Hall–Kier alpha value is -3.07. The van der Waals surface area contributed by atoms with Crippen molar-refractivity contribution < 1.29 is 18.0 Å². The van der Waals surface area contributed by atoms with Gasteiger partial charge in [0.1, 0.15) is 12.6 Å². The van der Waals surface area contributed by atoms with Crippen LogP contribution in [-0.4, -0.2) is 43.8 Å². The van der Waals surface area contributed by atoms with Crippen LogP contribution in [0.4, 0.5) is 5.69 Å². The van der Waals surface area contributed by atoms with E-state index in [0.717, 1.165) is 15.4 Å². The van der Waals surface area contributed by atoms with Crippen LogP contribution in [0.5, 0.6) is 0 Å². The summed E-state index contributed by atoms with van der Waals surface area (Å²) in [5.74, 6) is -0.892. The van der Waals surface area contributed by atoms with Gasteiger partial charge < -0.3 is 10.2 Å². The number of carbonyl (C=O) groups is 2. The van der Waals surface area contributed by atoms with E-state index in [9.17, 15) is 18.0 Å². The standard InChI is InChI=1S/C28H31Cl2N3O4S/c1-19(2)31-28(35)21(4)32(17-22-10-8-9-20(3)15-22)27(34)18-33(23-13-14-25(29)26(30)16-23)38(36,37)24-11-6-5-7-12-24/h5-16,19,21H,17-18H2,1-4H3,(H,31,35)/t21-/m0/s1. The number of hydrogen-bond donors (Lipinski definition) is 1. The summed E-state index contributed by atoms with van der Waals surface area (Å²) >= 11 is 12.3. The van der Waals surface area contributed by atoms with Crippen LogP contribution in [0.3, 0.4) is 0 Å². The summed E-state index contributed by atoms with van der Waals surface area (Å²) in [5.41, 5.74) is 1.99. The van der Waals surface area contributed by atoms with Crippen LogP contribution in [0.2, 0.25) is 10.0 Å². The van der Waals surface area contributed by atoms with Gasteiger partial charge in [0.25, 0.3) is 10.0 Å². The Kier molecular flexibility index (Phi) is 9.82. The topological polar surface area (TPSA) is 86.8 Å². The second kappa shape index (κ2) is 12.7. The second-order valence-corrected chi connectivity index (χ2v) is 11.9. The lowest BCUT2D eigenvalue weighted by atomic mass is 10.1. The third-order valence-electron chi connectivity index (χ3n) is 5.83. The number of nitrogens with zero attached hydrogens (tertiary/aromatic N) is 2. The molecule has 3 rings (SSSR count). The molecule has 2 amide bonds. The molecule has 0 aliphatic carbocycles. The van der Waals surface area contributed by atoms with Gasteiger partial charge in [0, 0.05) is 12.6 Å². The first-order valence-corrected chi connectivity index (χ1v) is 14.3. The van der Waals surface area contributed by atoms with Gasteiger partial charge in [0.05, 0.1) is 20.6 Å². The van der Waals surface area contributed by atoms with Crippen LogP contribution < -0.4 is 9.62 Å². The van der Waals surface area contributed by atoms with Gasteiger partial charge in [-0.2, -0.15) is 0 Å². The Balaban J connectivity index is 2.05. The molecule has 0 saturated heterocycles. The first-order chi connectivity index (χ1) is 17.9. The molecule has 1 N–H and O–H groups in total. The van der Waals surface area contributed by atoms with E-state index in [1.807, 2.05) is 45.0 Å². The molecule has 0 spiro atoms. The maximum absolute atomic E-state index is 13.9. The maximum atomic E-state index is 13.9. The molecular weight excluding hydrogens is 545 g/mol. The Morgan fingerprint density at radius 1 is 0.895 bits per heavy atom. The molecule has 0 heterocycles. The van der Waals surface area contributed by atoms with Crippen molar-refractivity contribution in [2.45, 2.75) is 51.2 Å². The predicted molar refractivity (Wildman–Crippen MR) is 152 cm³/mol. The molecule has 0 saturated carbocycles. The minimum absolute atomic E-state index is 0.00899. The predicted octanol–water partition coefficient (Wildman–Crippen LogP) is 5.44. The monoisotopic (exact) mass is 575 g/mol. The summed E-state index contributed by atoms with van der Waals surface area (Å²) in [6.07, 6.45) is 0. The van der Waals surface area contributed by atoms with Crippen LogP contribution >= 0.6 is 23.2 Å². The highest BCUT2D eigenvalue weighted by Crippen LogP contribution is 2.31. The van der Waals surface area contributed by atoms with Gasteiger partial charge in [-0.1, -0.05) is 71.2 Å². The number of halogens is 2. The third-order valence-corrected chi connectivity index (χ3v) is 8.36. The summed E-state index contributed by atoms with van der Waals surface area (Å²) < 4.78 is 28.5. The summed E-state index contributed by atoms with van der Waals surface area (Å²) in [6.45, 7) is 6.78. The van der Waals surface area contributed by atoms with E-state index in [1.165, 1.54) is 35.2 Å². The molecule has 0 fully saturated rings. The number of anilines is 1. The second-order valence-electron chi connectivity index (χ2n) is 9.27. The van der Waals surface area contributed by atoms with Crippen molar-refractivity contribution in [1.29, 1.82) is 0 Å². The van der Waals surface area contributed by atoms with Gasteiger partial charge in [-0.15, -0.1) is 0 Å². The molecule has 10 heteroatoms. The SMILES string of the molecule is Cc1cccc(CN(C(=O)CN(c2ccc(Cl)c(Cl)c2)S(=O)(=O)c2ccccc2)[C@@H](C)C(=O)NC(C)C)c1. The fraction of sp³-hybridized carbons (Fsp3) is 0.286. The van der Waals surface area contributed by atoms with E-state index < -0.39 is 28.5 Å². The molecule has 0 radical (unpaired) electrons. The van der Waals surface area contributed by atoms with E-state index in [4.69, 9.17) is 23.2 Å². The number of aryl methyl sites for hydroxylation is 1. The molecule has 202 valence electrons. The molecule has 0 aliphatic heterocycles. The zero-order chi connectivity index (χ0) is 28.0. The molecule has 3 aromatic carbocycles. The van der Waals surface area contributed by atoms with Gasteiger partial charge in [0.2, 0.25) is 11.8 Å². The van der Waals surface area contributed by atoms with Crippen LogP contribution in [0.15, 0.2) is 77.7 Å². The maximum Gasteiger partial charge on any atom is 0.264 e. The van der Waals surface area contributed by atoms with Crippen molar-refractivity contribution in [3.63, 3.8) is 0 Å². The number of rotatable bonds is 10. The van der Waals surface area contributed by atoms with Gasteiger partial charge in [0.15, 0.2) is 0 Å². The highest BCUT2D eigenvalue weighted by atomic mass is 35.5. The summed E-state index contributed by atoms with van der Waals surface area (Å²) in [6, 6.07) is 18.8. The first-order valence-electron chi connectivity index (χ1n) is 12.1. The molecular formula is C28H31Cl2N3O4S. The van der Waals surface area contributed by atoms with Crippen molar-refractivity contribution in [2.75, 3.05) is 10.8 Å². The highest BCUT2D eigenvalue weighted by Gasteiger charge is 2.32. The Labute approximate surface area is 234 Å². The molecule has 7 nitrogen and oxygen atoms in total. The van der Waals surface area contributed by atoms with Crippen molar-refractivity contribution in [2.24, 2.45) is 0 Å². The van der Waals surface area contributed by atoms with Gasteiger partial charge in [-0.3, -0.25) is 13.9 Å². The molecule has 0 bridgehead atoms. The number of carbonyl (C=O) groups excluding carboxylic acids is 2. The van der Waals surface area contributed by atoms with E-state index in [-0.39, 0.29) is 39.1 Å². The first kappa shape index (κ1) is 29.5. The fourth-order valence-corrected chi connectivity index (χ4v) is 5.60. The van der Waals surface area contributed by atoms with Crippen LogP contribution in [-0.2, 0) is 26.2 Å². The average molecular weight is 577 g/mol. The van der Waals surface area contributed by atoms with Gasteiger partial charge in [-0.25, -0.2) is 8.42 Å². The Bertz CT molecular complexity index is 1400. The van der Waals surface area contributed by atoms with Crippen molar-refractivity contribution in [3.05, 3.63) is 94.0 Å². The van der Waals surface area contributed by atoms with E-state index >= 15 is 0 Å². The minimum atomic E-state index is -4.17. The normalized spacial score (nSPS) is 12.2. The zero-order valence-electron chi connectivity index (χ0n) is 21.7. The number of amides is 2. The minimum Gasteiger partial charge on any atom is -0.352 e. The third kappa shape index (κ3) is 7.28. The quantitative estimate of drug-likeness (QED) is 0.348. The lowest BCUT2D eigenvalue weighted by Gasteiger charge is -2.32. The van der Waals surface area contributed by atoms with E-state index in [1.54, 1.807) is 25.1 Å². The van der Waals surface area contributed by atoms with Crippen molar-refractivity contribution in [1.82, 2.24) is 10.2 Å². The molecule has 1 atom stereocenters. The summed E-state index contributed by atoms with van der Waals surface area (Å²) in [7, 11) is -4.17. The summed E-state index contributed by atoms with van der Waals surface area (Å²) in [4.78, 5) is 28.2. The number of nitrogens with one attached hydrogen (secondary N) is 1. The van der Waals surface area contributed by atoms with Crippen molar-refractivity contribution >= 4 is 50.7 Å². The zero-order valence-corrected chi connectivity index (χ0v) is 24.0. The van der Waals surface area contributed by atoms with Crippen molar-refractivity contribution in [3.8, 4) is 0 Å². The van der Waals surface area contributed by atoms with E-state index in [0.29, 0.717) is 0 Å². The van der Waals surface area contributed by atoms with Crippen LogP contribution in [0, 0.1) is 6.92 Å². The molecule has 3 aromatic rings. The van der Waals surface area contributed by atoms with Crippen LogP contribution in [0.25, 0.3) is 0 Å². The summed E-state index contributed by atoms with van der Waals surface area (Å²) in [5, 5.41) is 3.23. The smallest absolute Gasteiger partial charge is 0.264 e. The number of benzene rings is 3. The van der Waals surface area contributed by atoms with Gasteiger partial charge >= 0.3 is 0 Å². The molecule has 0 aliphatic rings. The molecule has 0 aromatic heterocycles. The number of sulfonamides is 1. The Morgan fingerprint density at radius 3 is 2.18 bits per heavy atom. The lowest BCUT2D eigenvalue weighted by molar-refractivity contribution is -0.139. The average Bonchev–Trinajstić information content (AvgIpc) is 2.87. The lowest BCUT2D eigenvalue weighted by Crippen LogP contribution is -2.52. The molecule has 0 unspecified atom stereocenters. The highest BCUT2D eigenvalue weighted by molar-refractivity contribution is 7.92. The van der Waals surface area contributed by atoms with Crippen LogP contribution in [0.1, 0.15) is 31.9 Å². The largest absolute Gasteiger partial charge is 0.352 e. The molecule has 38 heavy (non-hydrogen) atoms. The fourth-order valence-electron chi connectivity index (χ4n) is 3.88. The number of hydrogen-bond acceptors (Lipinski definition) is 4. The van der Waals surface area contributed by atoms with Gasteiger partial charge in [-0.05, 0) is 63.6 Å². The van der Waals surface area contributed by atoms with E-state index in [2.05, 4.69) is 5.32 Å². The Morgan fingerprint density at radius 2 is 1.58 bits per heavy atom.